The monoisotopic (exact) mass is 503 g/mol. The summed E-state index contributed by atoms with van der Waals surface area (Å²) >= 11 is 11.9. The molecule has 0 radical (unpaired) electrons. The van der Waals surface area contributed by atoms with Crippen LogP contribution >= 0.6 is 59.6 Å². The molecule has 1 aliphatic heterocycles. The third-order valence-electron chi connectivity index (χ3n) is 3.23. The van der Waals surface area contributed by atoms with Gasteiger partial charge in [-0.25, -0.2) is 0 Å². The van der Waals surface area contributed by atoms with Crippen molar-refractivity contribution in [3.8, 4) is 0 Å². The highest BCUT2D eigenvalue weighted by Gasteiger charge is 2.33. The molecule has 1 aliphatic rings. The maximum Gasteiger partial charge on any atom is 0.264 e. The highest BCUT2D eigenvalue weighted by molar-refractivity contribution is 9.11. The van der Waals surface area contributed by atoms with E-state index in [1.165, 1.54) is 11.8 Å². The molecule has 0 saturated carbocycles. The second-order valence-electron chi connectivity index (χ2n) is 4.68. The minimum Gasteiger partial charge on any atom is -0.259 e. The molecule has 22 heavy (non-hydrogen) atoms. The van der Waals surface area contributed by atoms with E-state index in [1.807, 2.05) is 36.4 Å². The van der Waals surface area contributed by atoms with Gasteiger partial charge in [-0.05, 0) is 51.3 Å². The van der Waals surface area contributed by atoms with E-state index in [9.17, 15) is 10.1 Å². The molecule has 0 saturated heterocycles. The van der Waals surface area contributed by atoms with Gasteiger partial charge >= 0.3 is 0 Å². The summed E-state index contributed by atoms with van der Waals surface area (Å²) in [5, 5.41) is 11.2. The molecule has 3 rings (SSSR count). The summed E-state index contributed by atoms with van der Waals surface area (Å²) in [6, 6.07) is 11.5. The van der Waals surface area contributed by atoms with Crippen molar-refractivity contribution in [2.75, 3.05) is 0 Å². The van der Waals surface area contributed by atoms with E-state index in [0.717, 1.165) is 29.4 Å². The number of hydrogen-bond acceptors (Lipinski definition) is 3. The Labute approximate surface area is 156 Å². The quantitative estimate of drug-likeness (QED) is 0.348. The predicted molar refractivity (Wildman–Crippen MR) is 99.6 cm³/mol. The largest absolute Gasteiger partial charge is 0.264 e. The van der Waals surface area contributed by atoms with Crippen molar-refractivity contribution in [1.29, 1.82) is 0 Å². The molecule has 112 valence electrons. The normalized spacial score (nSPS) is 16.9. The molecule has 0 bridgehead atoms. The number of fused-ring (bicyclic) bond motifs is 1. The average Bonchev–Trinajstić information content (AvgIpc) is 2.47. The minimum atomic E-state index is -0.326. The van der Waals surface area contributed by atoms with Crippen molar-refractivity contribution in [2.24, 2.45) is 0 Å². The van der Waals surface area contributed by atoms with E-state index < -0.39 is 0 Å². The number of halogens is 3. The first-order chi connectivity index (χ1) is 10.5. The van der Waals surface area contributed by atoms with Crippen LogP contribution in [-0.4, -0.2) is 4.92 Å². The molecule has 1 atom stereocenters. The van der Waals surface area contributed by atoms with Crippen LogP contribution in [0.15, 0.2) is 60.4 Å². The van der Waals surface area contributed by atoms with Crippen LogP contribution in [0.4, 0.5) is 0 Å². The lowest BCUT2D eigenvalue weighted by molar-refractivity contribution is -0.425. The zero-order valence-electron chi connectivity index (χ0n) is 10.9. The Morgan fingerprint density at radius 3 is 2.36 bits per heavy atom. The Hall–Kier alpha value is -0.630. The first kappa shape index (κ1) is 16.2. The van der Waals surface area contributed by atoms with Crippen LogP contribution in [0.3, 0.4) is 0 Å². The molecule has 2 aromatic rings. The molecule has 3 nitrogen and oxygen atoms in total. The van der Waals surface area contributed by atoms with Gasteiger partial charge in [-0.1, -0.05) is 44.0 Å². The molecular weight excluding hydrogens is 498 g/mol. The maximum atomic E-state index is 11.5. The number of nitrogens with zero attached hydrogens (tertiary/aromatic N) is 1. The highest BCUT2D eigenvalue weighted by atomic mass is 79.9. The third kappa shape index (κ3) is 3.18. The van der Waals surface area contributed by atoms with Crippen molar-refractivity contribution in [2.45, 2.75) is 10.1 Å². The van der Waals surface area contributed by atoms with E-state index in [0.29, 0.717) is 0 Å². The molecule has 0 fully saturated rings. The average molecular weight is 506 g/mol. The molecule has 1 unspecified atom stereocenters. The Bertz CT molecular complexity index is 790. The van der Waals surface area contributed by atoms with E-state index in [1.54, 1.807) is 6.08 Å². The number of nitro groups is 1. The first-order valence-corrected chi connectivity index (χ1v) is 9.48. The lowest BCUT2D eigenvalue weighted by Crippen LogP contribution is -2.11. The van der Waals surface area contributed by atoms with Gasteiger partial charge in [-0.2, -0.15) is 0 Å². The van der Waals surface area contributed by atoms with Gasteiger partial charge in [-0.15, -0.1) is 11.8 Å². The molecule has 2 aromatic carbocycles. The summed E-state index contributed by atoms with van der Waals surface area (Å²) in [5.74, 6) is 0. The Morgan fingerprint density at radius 2 is 1.73 bits per heavy atom. The van der Waals surface area contributed by atoms with Crippen molar-refractivity contribution < 1.29 is 4.92 Å². The maximum absolute atomic E-state index is 11.5. The topological polar surface area (TPSA) is 43.1 Å². The number of rotatable bonds is 2. The summed E-state index contributed by atoms with van der Waals surface area (Å²) in [6.07, 6.45) is 1.66. The van der Waals surface area contributed by atoms with Crippen molar-refractivity contribution >= 4 is 65.6 Å². The second kappa shape index (κ2) is 6.47. The SMILES string of the molecule is O=[N+]([O-])C1=Cc2cc(Br)cc(Br)c2SC1c1ccc(Br)cc1. The molecule has 0 N–H and O–H groups in total. The Kier molecular flexibility index (Phi) is 4.77. The van der Waals surface area contributed by atoms with E-state index in [-0.39, 0.29) is 15.9 Å². The third-order valence-corrected chi connectivity index (χ3v) is 6.54. The standard InChI is InChI=1S/C15H8Br3NO2S/c16-10-3-1-8(2-4-10)15-13(19(20)21)6-9-5-11(17)7-12(18)14(9)22-15/h1-7,15H. The second-order valence-corrected chi connectivity index (χ2v) is 8.48. The summed E-state index contributed by atoms with van der Waals surface area (Å²) in [6.45, 7) is 0. The molecule has 0 amide bonds. The predicted octanol–water partition coefficient (Wildman–Crippen LogP) is 6.44. The molecule has 0 aromatic heterocycles. The van der Waals surface area contributed by atoms with Gasteiger partial charge in [0.25, 0.3) is 5.70 Å². The zero-order valence-corrected chi connectivity index (χ0v) is 16.5. The van der Waals surface area contributed by atoms with Crippen LogP contribution in [0.5, 0.6) is 0 Å². The van der Waals surface area contributed by atoms with E-state index in [2.05, 4.69) is 47.8 Å². The molecule has 0 spiro atoms. The lowest BCUT2D eigenvalue weighted by atomic mass is 10.1. The van der Waals surface area contributed by atoms with Gasteiger partial charge in [0.15, 0.2) is 0 Å². The highest BCUT2D eigenvalue weighted by Crippen LogP contribution is 2.50. The fraction of sp³-hybridized carbons (Fsp3) is 0.0667. The zero-order chi connectivity index (χ0) is 15.9. The van der Waals surface area contributed by atoms with Gasteiger partial charge in [0.2, 0.25) is 0 Å². The lowest BCUT2D eigenvalue weighted by Gasteiger charge is -2.22. The Balaban J connectivity index is 2.13. The van der Waals surface area contributed by atoms with Crippen LogP contribution in [0.25, 0.3) is 6.08 Å². The minimum absolute atomic E-state index is 0.199. The van der Waals surface area contributed by atoms with Gasteiger partial charge in [-0.3, -0.25) is 10.1 Å². The Morgan fingerprint density at radius 1 is 1.05 bits per heavy atom. The van der Waals surface area contributed by atoms with Crippen LogP contribution in [0, 0.1) is 10.1 Å². The van der Waals surface area contributed by atoms with Crippen molar-refractivity contribution in [3.63, 3.8) is 0 Å². The van der Waals surface area contributed by atoms with Gasteiger partial charge in [0.05, 0.1) is 4.92 Å². The smallest absolute Gasteiger partial charge is 0.259 e. The van der Waals surface area contributed by atoms with Gasteiger partial charge in [0, 0.05) is 24.4 Å². The fourth-order valence-electron chi connectivity index (χ4n) is 2.25. The molecular formula is C15H8Br3NO2S. The molecule has 7 heteroatoms. The number of hydrogen-bond donors (Lipinski definition) is 0. The molecule has 1 heterocycles. The van der Waals surface area contributed by atoms with Crippen molar-refractivity contribution in [3.05, 3.63) is 76.8 Å². The van der Waals surface area contributed by atoms with Gasteiger partial charge < -0.3 is 0 Å². The summed E-state index contributed by atoms with van der Waals surface area (Å²) < 4.78 is 2.77. The van der Waals surface area contributed by atoms with Crippen LogP contribution in [0.1, 0.15) is 16.4 Å². The molecule has 0 aliphatic carbocycles. The van der Waals surface area contributed by atoms with Crippen LogP contribution < -0.4 is 0 Å². The number of benzene rings is 2. The summed E-state index contributed by atoms with van der Waals surface area (Å²) in [7, 11) is 0. The van der Waals surface area contributed by atoms with Gasteiger partial charge in [0.1, 0.15) is 5.25 Å². The van der Waals surface area contributed by atoms with E-state index in [4.69, 9.17) is 0 Å². The van der Waals surface area contributed by atoms with E-state index >= 15 is 0 Å². The van der Waals surface area contributed by atoms with Crippen molar-refractivity contribution in [1.82, 2.24) is 0 Å². The number of thioether (sulfide) groups is 1. The van der Waals surface area contributed by atoms with Crippen LogP contribution in [-0.2, 0) is 0 Å². The first-order valence-electron chi connectivity index (χ1n) is 6.23. The summed E-state index contributed by atoms with van der Waals surface area (Å²) in [4.78, 5) is 12.2. The van der Waals surface area contributed by atoms with Crippen LogP contribution in [0.2, 0.25) is 0 Å². The fourth-order valence-corrected chi connectivity index (χ4v) is 5.28. The summed E-state index contributed by atoms with van der Waals surface area (Å²) in [5.41, 5.74) is 1.97.